The van der Waals surface area contributed by atoms with Crippen LogP contribution in [0.5, 0.6) is 5.75 Å². The van der Waals surface area contributed by atoms with E-state index in [1.807, 2.05) is 16.8 Å². The number of fused-ring (bicyclic) bond motifs is 1. The van der Waals surface area contributed by atoms with Gasteiger partial charge in [0.2, 0.25) is 0 Å². The van der Waals surface area contributed by atoms with E-state index in [4.69, 9.17) is 14.2 Å². The van der Waals surface area contributed by atoms with E-state index in [0.29, 0.717) is 0 Å². The molecule has 36 heavy (non-hydrogen) atoms. The molecule has 7 heteroatoms. The lowest BCUT2D eigenvalue weighted by atomic mass is 9.88. The summed E-state index contributed by atoms with van der Waals surface area (Å²) in [5, 5.41) is 18.5. The van der Waals surface area contributed by atoms with Gasteiger partial charge in [-0.25, -0.2) is 4.68 Å². The molecule has 3 aromatic rings. The zero-order chi connectivity index (χ0) is 24.9. The van der Waals surface area contributed by atoms with Gasteiger partial charge in [0.15, 0.2) is 0 Å². The van der Waals surface area contributed by atoms with E-state index in [-0.39, 0.29) is 37.1 Å². The lowest BCUT2D eigenvalue weighted by molar-refractivity contribution is -0.209. The highest BCUT2D eigenvalue weighted by molar-refractivity contribution is 5.65. The molecule has 0 bridgehead atoms. The van der Waals surface area contributed by atoms with Crippen molar-refractivity contribution in [1.82, 2.24) is 15.0 Å². The van der Waals surface area contributed by atoms with E-state index in [9.17, 15) is 5.11 Å². The number of aliphatic hydroxyl groups excluding tert-OH is 1. The van der Waals surface area contributed by atoms with E-state index in [1.165, 1.54) is 11.1 Å². The van der Waals surface area contributed by atoms with E-state index in [2.05, 4.69) is 59.8 Å². The van der Waals surface area contributed by atoms with Crippen LogP contribution < -0.4 is 4.74 Å². The molecule has 5 atom stereocenters. The second-order valence-electron chi connectivity index (χ2n) is 9.98. The van der Waals surface area contributed by atoms with Crippen LogP contribution in [0.15, 0.2) is 54.7 Å². The SMILES string of the molecule is CCCc1cn([C@@H]2C[C@@H]3O[C@H](CO)CC[C@@H]3O[C@@H]2CCc2ccc(-c3cccc(OC)c3)cc2)nn1. The summed E-state index contributed by atoms with van der Waals surface area (Å²) in [6.07, 6.45) is 8.45. The normalized spacial score (nSPS) is 25.9. The van der Waals surface area contributed by atoms with Gasteiger partial charge in [0.1, 0.15) is 5.75 Å². The molecule has 3 heterocycles. The summed E-state index contributed by atoms with van der Waals surface area (Å²) in [7, 11) is 1.69. The van der Waals surface area contributed by atoms with Crippen LogP contribution in [0.3, 0.4) is 0 Å². The lowest BCUT2D eigenvalue weighted by Gasteiger charge is -2.45. The number of nitrogens with zero attached hydrogens (tertiary/aromatic N) is 3. The summed E-state index contributed by atoms with van der Waals surface area (Å²) >= 11 is 0. The Kier molecular flexibility index (Phi) is 7.99. The van der Waals surface area contributed by atoms with Crippen molar-refractivity contribution in [2.24, 2.45) is 0 Å². The van der Waals surface area contributed by atoms with Gasteiger partial charge in [-0.3, -0.25) is 0 Å². The van der Waals surface area contributed by atoms with Crippen molar-refractivity contribution in [2.75, 3.05) is 13.7 Å². The van der Waals surface area contributed by atoms with Crippen LogP contribution in [0, 0.1) is 0 Å². The number of aryl methyl sites for hydroxylation is 2. The maximum absolute atomic E-state index is 9.61. The van der Waals surface area contributed by atoms with Gasteiger partial charge in [0.25, 0.3) is 0 Å². The van der Waals surface area contributed by atoms with E-state index in [1.54, 1.807) is 7.11 Å². The maximum Gasteiger partial charge on any atom is 0.119 e. The van der Waals surface area contributed by atoms with Gasteiger partial charge >= 0.3 is 0 Å². The fourth-order valence-corrected chi connectivity index (χ4v) is 5.50. The third-order valence-corrected chi connectivity index (χ3v) is 7.49. The van der Waals surface area contributed by atoms with Crippen LogP contribution >= 0.6 is 0 Å². The Balaban J connectivity index is 1.29. The molecule has 0 saturated carbocycles. The van der Waals surface area contributed by atoms with Gasteiger partial charge in [0.05, 0.1) is 49.9 Å². The molecule has 2 aromatic carbocycles. The van der Waals surface area contributed by atoms with Gasteiger partial charge in [-0.2, -0.15) is 0 Å². The Hall–Kier alpha value is -2.74. The van der Waals surface area contributed by atoms with Gasteiger partial charge in [-0.15, -0.1) is 5.10 Å². The number of ether oxygens (including phenoxy) is 3. The van der Waals surface area contributed by atoms with Crippen LogP contribution in [-0.2, 0) is 22.3 Å². The Morgan fingerprint density at radius 1 is 1.03 bits per heavy atom. The molecule has 192 valence electrons. The minimum atomic E-state index is -0.0958. The minimum Gasteiger partial charge on any atom is -0.497 e. The van der Waals surface area contributed by atoms with Crippen molar-refractivity contribution in [2.45, 2.75) is 82.3 Å². The number of aromatic nitrogens is 3. The Labute approximate surface area is 213 Å². The molecule has 0 amide bonds. The van der Waals surface area contributed by atoms with Gasteiger partial charge < -0.3 is 19.3 Å². The lowest BCUT2D eigenvalue weighted by Crippen LogP contribution is -2.51. The summed E-state index contributed by atoms with van der Waals surface area (Å²) in [5.41, 5.74) is 4.63. The largest absolute Gasteiger partial charge is 0.497 e. The van der Waals surface area contributed by atoms with Crippen LogP contribution in [0.4, 0.5) is 0 Å². The first-order valence-corrected chi connectivity index (χ1v) is 13.2. The summed E-state index contributed by atoms with van der Waals surface area (Å²) in [5.74, 6) is 0.863. The van der Waals surface area contributed by atoms with Crippen molar-refractivity contribution < 1.29 is 19.3 Å². The fourth-order valence-electron chi connectivity index (χ4n) is 5.50. The third kappa shape index (κ3) is 5.64. The van der Waals surface area contributed by atoms with Crippen LogP contribution in [0.25, 0.3) is 11.1 Å². The average molecular weight is 492 g/mol. The first kappa shape index (κ1) is 24.9. The highest BCUT2D eigenvalue weighted by Crippen LogP contribution is 2.38. The Morgan fingerprint density at radius 3 is 2.67 bits per heavy atom. The monoisotopic (exact) mass is 491 g/mol. The topological polar surface area (TPSA) is 78.6 Å². The molecule has 0 radical (unpaired) electrons. The molecule has 5 rings (SSSR count). The molecular formula is C29H37N3O4. The predicted octanol–water partition coefficient (Wildman–Crippen LogP) is 4.78. The van der Waals surface area contributed by atoms with Crippen molar-refractivity contribution in [3.8, 4) is 16.9 Å². The van der Waals surface area contributed by atoms with Crippen LogP contribution in [-0.4, -0.2) is 58.2 Å². The molecule has 2 aliphatic rings. The average Bonchev–Trinajstić information content (AvgIpc) is 3.40. The molecule has 0 unspecified atom stereocenters. The summed E-state index contributed by atoms with van der Waals surface area (Å²) in [6, 6.07) is 17.0. The third-order valence-electron chi connectivity index (χ3n) is 7.49. The molecule has 7 nitrogen and oxygen atoms in total. The zero-order valence-corrected chi connectivity index (χ0v) is 21.3. The van der Waals surface area contributed by atoms with Gasteiger partial charge in [-0.05, 0) is 60.9 Å². The number of methoxy groups -OCH3 is 1. The zero-order valence-electron chi connectivity index (χ0n) is 21.3. The Morgan fingerprint density at radius 2 is 1.89 bits per heavy atom. The van der Waals surface area contributed by atoms with Crippen molar-refractivity contribution in [3.05, 3.63) is 66.0 Å². The fraction of sp³-hybridized carbons (Fsp3) is 0.517. The maximum atomic E-state index is 9.61. The van der Waals surface area contributed by atoms with Crippen LogP contribution in [0.2, 0.25) is 0 Å². The second-order valence-corrected chi connectivity index (χ2v) is 9.98. The van der Waals surface area contributed by atoms with E-state index < -0.39 is 0 Å². The van der Waals surface area contributed by atoms with Gasteiger partial charge in [-0.1, -0.05) is 55.0 Å². The van der Waals surface area contributed by atoms with Gasteiger partial charge in [0, 0.05) is 12.6 Å². The molecule has 2 fully saturated rings. The summed E-state index contributed by atoms with van der Waals surface area (Å²) < 4.78 is 20.2. The highest BCUT2D eigenvalue weighted by Gasteiger charge is 2.43. The van der Waals surface area contributed by atoms with E-state index >= 15 is 0 Å². The molecule has 1 N–H and O–H groups in total. The molecule has 2 aliphatic heterocycles. The molecule has 1 aromatic heterocycles. The number of aliphatic hydroxyl groups is 1. The molecule has 2 saturated heterocycles. The van der Waals surface area contributed by atoms with Crippen LogP contribution in [0.1, 0.15) is 56.3 Å². The van der Waals surface area contributed by atoms with E-state index in [0.717, 1.165) is 62.0 Å². The predicted molar refractivity (Wildman–Crippen MR) is 138 cm³/mol. The first-order chi connectivity index (χ1) is 17.7. The molecule has 0 spiro atoms. The van der Waals surface area contributed by atoms with Crippen molar-refractivity contribution in [3.63, 3.8) is 0 Å². The quantitative estimate of drug-likeness (QED) is 0.464. The number of rotatable bonds is 9. The summed E-state index contributed by atoms with van der Waals surface area (Å²) in [6.45, 7) is 2.22. The highest BCUT2D eigenvalue weighted by atomic mass is 16.6. The number of benzene rings is 2. The number of hydrogen-bond acceptors (Lipinski definition) is 6. The Bertz CT molecular complexity index is 1120. The number of hydrogen-bond donors (Lipinski definition) is 1. The second kappa shape index (κ2) is 11.5. The molecule has 0 aliphatic carbocycles. The van der Waals surface area contributed by atoms with Crippen molar-refractivity contribution >= 4 is 0 Å². The van der Waals surface area contributed by atoms with Crippen molar-refractivity contribution in [1.29, 1.82) is 0 Å². The molecular weight excluding hydrogens is 454 g/mol. The standard InChI is InChI=1S/C29H37N3O4/c1-3-5-23-18-32(31-30-23)26-17-29-28(15-13-25(19-33)35-29)36-27(26)14-10-20-8-11-21(12-9-20)22-6-4-7-24(16-22)34-2/h4,6-9,11-12,16,18,25-29,33H,3,5,10,13-15,17,19H2,1-2H3/t25-,26+,27+,28-,29-/m0/s1. The minimum absolute atomic E-state index is 0.0156. The first-order valence-electron chi connectivity index (χ1n) is 13.2. The smallest absolute Gasteiger partial charge is 0.119 e. The summed E-state index contributed by atoms with van der Waals surface area (Å²) in [4.78, 5) is 0.